The third kappa shape index (κ3) is 2.85. The van der Waals surface area contributed by atoms with Crippen molar-refractivity contribution in [1.82, 2.24) is 4.98 Å². The van der Waals surface area contributed by atoms with Crippen molar-refractivity contribution in [3.05, 3.63) is 58.1 Å². The SMILES string of the molecule is O=C(O)Cc1c(-c2ccccc2Br)[nH]c2ccc(C(=O)O)cc12. The smallest absolute Gasteiger partial charge is 0.335 e. The van der Waals surface area contributed by atoms with Gasteiger partial charge in [0.1, 0.15) is 0 Å². The van der Waals surface area contributed by atoms with E-state index >= 15 is 0 Å². The maximum absolute atomic E-state index is 11.3. The van der Waals surface area contributed by atoms with Crippen molar-refractivity contribution in [3.63, 3.8) is 0 Å². The number of aliphatic carboxylic acids is 1. The normalized spacial score (nSPS) is 10.8. The lowest BCUT2D eigenvalue weighted by Crippen LogP contribution is -2.01. The van der Waals surface area contributed by atoms with Crippen molar-refractivity contribution in [2.45, 2.75) is 6.42 Å². The van der Waals surface area contributed by atoms with E-state index in [9.17, 15) is 14.7 Å². The molecule has 3 rings (SSSR count). The molecule has 0 radical (unpaired) electrons. The van der Waals surface area contributed by atoms with Gasteiger partial charge in [-0.15, -0.1) is 0 Å². The molecule has 0 amide bonds. The van der Waals surface area contributed by atoms with Gasteiger partial charge in [0.15, 0.2) is 0 Å². The largest absolute Gasteiger partial charge is 0.481 e. The zero-order valence-corrected chi connectivity index (χ0v) is 13.4. The van der Waals surface area contributed by atoms with Gasteiger partial charge >= 0.3 is 11.9 Å². The molecule has 0 spiro atoms. The summed E-state index contributed by atoms with van der Waals surface area (Å²) in [5.74, 6) is -2.02. The number of carboxylic acids is 2. The molecule has 3 aromatic rings. The second kappa shape index (κ2) is 5.89. The number of aromatic carboxylic acids is 1. The summed E-state index contributed by atoms with van der Waals surface area (Å²) < 4.78 is 0.830. The van der Waals surface area contributed by atoms with Crippen LogP contribution in [0.5, 0.6) is 0 Å². The molecule has 5 nitrogen and oxygen atoms in total. The molecule has 0 unspecified atom stereocenters. The highest BCUT2D eigenvalue weighted by Crippen LogP contribution is 2.35. The molecule has 1 aromatic heterocycles. The summed E-state index contributed by atoms with van der Waals surface area (Å²) in [5.41, 5.74) is 2.91. The Hall–Kier alpha value is -2.60. The Balaban J connectivity index is 2.31. The Morgan fingerprint density at radius 3 is 2.48 bits per heavy atom. The standard InChI is InChI=1S/C17H12BrNO4/c18-13-4-2-1-3-10(13)16-12(8-15(20)21)11-7-9(17(22)23)5-6-14(11)19-16/h1-7,19H,8H2,(H,20,21)(H,22,23). The first-order chi connectivity index (χ1) is 11.0. The molecule has 2 aromatic carbocycles. The maximum Gasteiger partial charge on any atom is 0.335 e. The Kier molecular flexibility index (Phi) is 3.92. The molecular formula is C17H12BrNO4. The fourth-order valence-electron chi connectivity index (χ4n) is 2.61. The van der Waals surface area contributed by atoms with Gasteiger partial charge in [-0.2, -0.15) is 0 Å². The first-order valence-electron chi connectivity index (χ1n) is 6.82. The van der Waals surface area contributed by atoms with Crippen LogP contribution in [-0.2, 0) is 11.2 Å². The van der Waals surface area contributed by atoms with Crippen LogP contribution in [0.1, 0.15) is 15.9 Å². The highest BCUT2D eigenvalue weighted by atomic mass is 79.9. The van der Waals surface area contributed by atoms with Crippen LogP contribution in [-0.4, -0.2) is 27.1 Å². The fraction of sp³-hybridized carbons (Fsp3) is 0.0588. The van der Waals surface area contributed by atoms with Crippen molar-refractivity contribution < 1.29 is 19.8 Å². The number of H-pyrrole nitrogens is 1. The van der Waals surface area contributed by atoms with E-state index in [2.05, 4.69) is 20.9 Å². The van der Waals surface area contributed by atoms with E-state index in [0.717, 1.165) is 10.0 Å². The van der Waals surface area contributed by atoms with Crippen LogP contribution in [0.15, 0.2) is 46.9 Å². The van der Waals surface area contributed by atoms with Crippen LogP contribution >= 0.6 is 15.9 Å². The molecule has 0 aliphatic heterocycles. The van der Waals surface area contributed by atoms with Crippen molar-refractivity contribution in [2.24, 2.45) is 0 Å². The third-order valence-corrected chi connectivity index (χ3v) is 4.32. The van der Waals surface area contributed by atoms with Gasteiger partial charge < -0.3 is 15.2 Å². The number of hydrogen-bond donors (Lipinski definition) is 3. The molecule has 3 N–H and O–H groups in total. The second-order valence-corrected chi connectivity index (χ2v) is 5.95. The quantitative estimate of drug-likeness (QED) is 0.646. The predicted octanol–water partition coefficient (Wildman–Crippen LogP) is 3.92. The summed E-state index contributed by atoms with van der Waals surface area (Å²) in [6.07, 6.45) is -0.195. The summed E-state index contributed by atoms with van der Waals surface area (Å²) >= 11 is 3.47. The average Bonchev–Trinajstić information content (AvgIpc) is 2.85. The summed E-state index contributed by atoms with van der Waals surface area (Å²) in [5, 5.41) is 19.0. The van der Waals surface area contributed by atoms with Crippen LogP contribution < -0.4 is 0 Å². The number of hydrogen-bond acceptors (Lipinski definition) is 2. The number of nitrogens with one attached hydrogen (secondary N) is 1. The van der Waals surface area contributed by atoms with Crippen LogP contribution in [0.3, 0.4) is 0 Å². The van der Waals surface area contributed by atoms with E-state index in [4.69, 9.17) is 5.11 Å². The molecule has 0 bridgehead atoms. The number of aromatic amines is 1. The molecule has 0 aliphatic rings. The number of carboxylic acid groups (broad SMARTS) is 2. The monoisotopic (exact) mass is 373 g/mol. The van der Waals surface area contributed by atoms with Gasteiger partial charge in [0.05, 0.1) is 17.7 Å². The minimum Gasteiger partial charge on any atom is -0.481 e. The Morgan fingerprint density at radius 1 is 1.09 bits per heavy atom. The van der Waals surface area contributed by atoms with E-state index in [0.29, 0.717) is 22.2 Å². The molecule has 0 fully saturated rings. The molecular weight excluding hydrogens is 362 g/mol. The molecule has 116 valence electrons. The number of halogens is 1. The Bertz CT molecular complexity index is 929. The summed E-state index contributed by atoms with van der Waals surface area (Å²) in [6.45, 7) is 0. The molecule has 0 atom stereocenters. The minimum absolute atomic E-state index is 0.127. The van der Waals surface area contributed by atoms with Crippen LogP contribution in [0.25, 0.3) is 22.2 Å². The van der Waals surface area contributed by atoms with Crippen LogP contribution in [0.4, 0.5) is 0 Å². The number of aromatic nitrogens is 1. The molecule has 0 saturated carbocycles. The topological polar surface area (TPSA) is 90.4 Å². The van der Waals surface area contributed by atoms with Gasteiger partial charge in [0, 0.05) is 20.9 Å². The van der Waals surface area contributed by atoms with E-state index in [1.165, 1.54) is 12.1 Å². The first-order valence-corrected chi connectivity index (χ1v) is 7.61. The van der Waals surface area contributed by atoms with Gasteiger partial charge in [-0.3, -0.25) is 4.79 Å². The Labute approximate surface area is 139 Å². The average molecular weight is 374 g/mol. The molecule has 23 heavy (non-hydrogen) atoms. The zero-order chi connectivity index (χ0) is 16.6. The zero-order valence-electron chi connectivity index (χ0n) is 11.8. The van der Waals surface area contributed by atoms with Crippen molar-refractivity contribution in [3.8, 4) is 11.3 Å². The van der Waals surface area contributed by atoms with E-state index in [1.54, 1.807) is 6.07 Å². The predicted molar refractivity (Wildman–Crippen MR) is 89.7 cm³/mol. The van der Waals surface area contributed by atoms with E-state index in [1.807, 2.05) is 24.3 Å². The second-order valence-electron chi connectivity index (χ2n) is 5.09. The van der Waals surface area contributed by atoms with Gasteiger partial charge in [-0.05, 0) is 29.8 Å². The first kappa shape index (κ1) is 15.3. The highest BCUT2D eigenvalue weighted by molar-refractivity contribution is 9.10. The van der Waals surface area contributed by atoms with Crippen LogP contribution in [0.2, 0.25) is 0 Å². The van der Waals surface area contributed by atoms with Gasteiger partial charge in [0.25, 0.3) is 0 Å². The summed E-state index contributed by atoms with van der Waals surface area (Å²) in [7, 11) is 0. The van der Waals surface area contributed by atoms with E-state index in [-0.39, 0.29) is 12.0 Å². The lowest BCUT2D eigenvalue weighted by Gasteiger charge is -2.05. The summed E-state index contributed by atoms with van der Waals surface area (Å²) in [4.78, 5) is 25.6. The number of fused-ring (bicyclic) bond motifs is 1. The lowest BCUT2D eigenvalue weighted by molar-refractivity contribution is -0.136. The van der Waals surface area contributed by atoms with E-state index < -0.39 is 11.9 Å². The number of rotatable bonds is 4. The molecule has 0 saturated heterocycles. The molecule has 0 aliphatic carbocycles. The van der Waals surface area contributed by atoms with Crippen LogP contribution in [0, 0.1) is 0 Å². The lowest BCUT2D eigenvalue weighted by atomic mass is 10.0. The van der Waals surface area contributed by atoms with Gasteiger partial charge in [0.2, 0.25) is 0 Å². The highest BCUT2D eigenvalue weighted by Gasteiger charge is 2.18. The maximum atomic E-state index is 11.3. The summed E-state index contributed by atoms with van der Waals surface area (Å²) in [6, 6.07) is 12.1. The van der Waals surface area contributed by atoms with Gasteiger partial charge in [-0.25, -0.2) is 4.79 Å². The van der Waals surface area contributed by atoms with Gasteiger partial charge in [-0.1, -0.05) is 34.1 Å². The fourth-order valence-corrected chi connectivity index (χ4v) is 3.09. The number of carbonyl (C=O) groups is 2. The third-order valence-electron chi connectivity index (χ3n) is 3.62. The minimum atomic E-state index is -1.04. The molecule has 6 heteroatoms. The number of benzene rings is 2. The Morgan fingerprint density at radius 2 is 1.83 bits per heavy atom. The molecule has 1 heterocycles. The van der Waals surface area contributed by atoms with Crippen molar-refractivity contribution in [1.29, 1.82) is 0 Å². The van der Waals surface area contributed by atoms with Crippen molar-refractivity contribution in [2.75, 3.05) is 0 Å². The van der Waals surface area contributed by atoms with Crippen molar-refractivity contribution >= 4 is 38.8 Å².